The van der Waals surface area contributed by atoms with Gasteiger partial charge in [-0.15, -0.1) is 11.3 Å². The van der Waals surface area contributed by atoms with Gasteiger partial charge in [0, 0.05) is 26.1 Å². The monoisotopic (exact) mass is 264 g/mol. The SMILES string of the molecule is CC1=C(C)C(C)c2c1ccc1sc3ccccc3c21. The first-order chi connectivity index (χ1) is 9.18. The Hall–Kier alpha value is -1.60. The van der Waals surface area contributed by atoms with Gasteiger partial charge in [-0.1, -0.05) is 36.8 Å². The van der Waals surface area contributed by atoms with Crippen molar-refractivity contribution < 1.29 is 0 Å². The van der Waals surface area contributed by atoms with Crippen molar-refractivity contribution in [2.45, 2.75) is 26.7 Å². The zero-order valence-electron chi connectivity index (χ0n) is 11.4. The summed E-state index contributed by atoms with van der Waals surface area (Å²) in [5.41, 5.74) is 6.00. The molecule has 1 atom stereocenters. The lowest BCUT2D eigenvalue weighted by Gasteiger charge is -2.09. The van der Waals surface area contributed by atoms with Crippen LogP contribution in [0.4, 0.5) is 0 Å². The van der Waals surface area contributed by atoms with E-state index in [1.165, 1.54) is 36.9 Å². The summed E-state index contributed by atoms with van der Waals surface area (Å²) in [6.45, 7) is 6.88. The van der Waals surface area contributed by atoms with Crippen LogP contribution < -0.4 is 0 Å². The van der Waals surface area contributed by atoms with Gasteiger partial charge in [0.15, 0.2) is 0 Å². The smallest absolute Gasteiger partial charge is 0.0358 e. The van der Waals surface area contributed by atoms with E-state index in [1.807, 2.05) is 11.3 Å². The third kappa shape index (κ3) is 1.34. The molecular weight excluding hydrogens is 248 g/mol. The maximum Gasteiger partial charge on any atom is 0.0358 e. The van der Waals surface area contributed by atoms with Crippen LogP contribution in [0.25, 0.3) is 25.7 Å². The second-order valence-electron chi connectivity index (χ2n) is 5.53. The van der Waals surface area contributed by atoms with Crippen LogP contribution in [0.5, 0.6) is 0 Å². The van der Waals surface area contributed by atoms with Crippen molar-refractivity contribution in [3.8, 4) is 0 Å². The molecule has 1 aliphatic carbocycles. The Bertz CT molecular complexity index is 849. The van der Waals surface area contributed by atoms with Gasteiger partial charge >= 0.3 is 0 Å². The molecule has 0 spiro atoms. The third-order valence-electron chi connectivity index (χ3n) is 4.66. The van der Waals surface area contributed by atoms with Crippen molar-refractivity contribution in [2.24, 2.45) is 0 Å². The first-order valence-electron chi connectivity index (χ1n) is 6.80. The molecular formula is C18H16S. The summed E-state index contributed by atoms with van der Waals surface area (Å²) in [5.74, 6) is 0.553. The molecule has 2 aromatic carbocycles. The number of hydrogen-bond acceptors (Lipinski definition) is 1. The third-order valence-corrected chi connectivity index (χ3v) is 5.80. The summed E-state index contributed by atoms with van der Waals surface area (Å²) in [6.07, 6.45) is 0. The summed E-state index contributed by atoms with van der Waals surface area (Å²) >= 11 is 1.91. The molecule has 0 aliphatic heterocycles. The molecule has 0 N–H and O–H groups in total. The normalized spacial score (nSPS) is 18.6. The quantitative estimate of drug-likeness (QED) is 0.469. The summed E-state index contributed by atoms with van der Waals surface area (Å²) < 4.78 is 2.83. The molecule has 3 aromatic rings. The molecule has 19 heavy (non-hydrogen) atoms. The van der Waals surface area contributed by atoms with Gasteiger partial charge in [0.1, 0.15) is 0 Å². The maximum atomic E-state index is 2.34. The summed E-state index contributed by atoms with van der Waals surface area (Å²) in [7, 11) is 0. The molecule has 0 saturated carbocycles. The van der Waals surface area contributed by atoms with Crippen molar-refractivity contribution in [1.82, 2.24) is 0 Å². The average Bonchev–Trinajstić information content (AvgIpc) is 2.91. The maximum absolute atomic E-state index is 2.34. The fourth-order valence-electron chi connectivity index (χ4n) is 3.37. The van der Waals surface area contributed by atoms with E-state index in [0.717, 1.165) is 0 Å². The Morgan fingerprint density at radius 2 is 1.74 bits per heavy atom. The zero-order chi connectivity index (χ0) is 13.1. The summed E-state index contributed by atoms with van der Waals surface area (Å²) in [4.78, 5) is 0. The molecule has 1 heterocycles. The van der Waals surface area contributed by atoms with Crippen LogP contribution in [0.3, 0.4) is 0 Å². The zero-order valence-corrected chi connectivity index (χ0v) is 12.3. The van der Waals surface area contributed by atoms with Crippen molar-refractivity contribution in [3.63, 3.8) is 0 Å². The highest BCUT2D eigenvalue weighted by molar-refractivity contribution is 7.25. The van der Waals surface area contributed by atoms with Crippen molar-refractivity contribution >= 4 is 37.1 Å². The topological polar surface area (TPSA) is 0 Å². The summed E-state index contributed by atoms with van der Waals surface area (Å²) in [5, 5.41) is 2.91. The number of hydrogen-bond donors (Lipinski definition) is 0. The van der Waals surface area contributed by atoms with Gasteiger partial charge in [0.2, 0.25) is 0 Å². The van der Waals surface area contributed by atoms with Gasteiger partial charge in [0.05, 0.1) is 0 Å². The minimum absolute atomic E-state index is 0.553. The molecule has 0 saturated heterocycles. The Kier molecular flexibility index (Phi) is 2.19. The van der Waals surface area contributed by atoms with E-state index in [2.05, 4.69) is 57.2 Å². The highest BCUT2D eigenvalue weighted by Gasteiger charge is 2.26. The van der Waals surface area contributed by atoms with Crippen LogP contribution in [0.2, 0.25) is 0 Å². The van der Waals surface area contributed by atoms with Crippen LogP contribution >= 0.6 is 11.3 Å². The van der Waals surface area contributed by atoms with Gasteiger partial charge in [-0.2, -0.15) is 0 Å². The second-order valence-corrected chi connectivity index (χ2v) is 6.61. The summed E-state index contributed by atoms with van der Waals surface area (Å²) in [6, 6.07) is 13.4. The van der Waals surface area contributed by atoms with Crippen molar-refractivity contribution in [1.29, 1.82) is 0 Å². The number of fused-ring (bicyclic) bond motifs is 5. The van der Waals surface area contributed by atoms with Crippen LogP contribution in [-0.2, 0) is 0 Å². The predicted octanol–water partition coefficient (Wildman–Crippen LogP) is 5.97. The first-order valence-corrected chi connectivity index (χ1v) is 7.62. The minimum Gasteiger partial charge on any atom is -0.135 e. The van der Waals surface area contributed by atoms with Crippen LogP contribution in [0.1, 0.15) is 37.8 Å². The Labute approximate surface area is 117 Å². The second kappa shape index (κ2) is 3.71. The largest absolute Gasteiger partial charge is 0.135 e. The van der Waals surface area contributed by atoms with Crippen LogP contribution in [0, 0.1) is 0 Å². The molecule has 0 radical (unpaired) electrons. The van der Waals surface area contributed by atoms with Gasteiger partial charge in [-0.05, 0) is 42.7 Å². The Morgan fingerprint density at radius 3 is 2.58 bits per heavy atom. The van der Waals surface area contributed by atoms with E-state index in [9.17, 15) is 0 Å². The van der Waals surface area contributed by atoms with Gasteiger partial charge in [0.25, 0.3) is 0 Å². The van der Waals surface area contributed by atoms with Crippen molar-refractivity contribution in [3.05, 3.63) is 53.1 Å². The molecule has 0 fully saturated rings. The van der Waals surface area contributed by atoms with Crippen molar-refractivity contribution in [2.75, 3.05) is 0 Å². The highest BCUT2D eigenvalue weighted by Crippen LogP contribution is 2.48. The highest BCUT2D eigenvalue weighted by atomic mass is 32.1. The number of thiophene rings is 1. The molecule has 0 bridgehead atoms. The molecule has 1 unspecified atom stereocenters. The minimum atomic E-state index is 0.553. The van der Waals surface area contributed by atoms with E-state index in [-0.39, 0.29) is 0 Å². The molecule has 1 aromatic heterocycles. The molecule has 94 valence electrons. The fraction of sp³-hybridized carbons (Fsp3) is 0.222. The number of allylic oxidation sites excluding steroid dienone is 2. The fourth-order valence-corrected chi connectivity index (χ4v) is 4.50. The Morgan fingerprint density at radius 1 is 0.947 bits per heavy atom. The van der Waals surface area contributed by atoms with Gasteiger partial charge in [-0.25, -0.2) is 0 Å². The first kappa shape index (κ1) is 11.2. The standard InChI is InChI=1S/C18H16S/c1-10-11(2)13-8-9-16-18(17(13)12(10)3)14-6-4-5-7-15(14)19-16/h4-9,12H,1-3H3. The van der Waals surface area contributed by atoms with E-state index < -0.39 is 0 Å². The number of rotatable bonds is 0. The van der Waals surface area contributed by atoms with Gasteiger partial charge in [-0.3, -0.25) is 0 Å². The van der Waals surface area contributed by atoms with E-state index in [0.29, 0.717) is 5.92 Å². The van der Waals surface area contributed by atoms with Crippen LogP contribution in [0.15, 0.2) is 42.0 Å². The van der Waals surface area contributed by atoms with E-state index in [1.54, 1.807) is 5.56 Å². The predicted molar refractivity (Wildman–Crippen MR) is 86.0 cm³/mol. The molecule has 1 aliphatic rings. The molecule has 1 heteroatoms. The molecule has 0 amide bonds. The van der Waals surface area contributed by atoms with E-state index >= 15 is 0 Å². The Balaban J connectivity index is 2.22. The lowest BCUT2D eigenvalue weighted by atomic mass is 9.94. The molecule has 4 rings (SSSR count). The number of benzene rings is 2. The van der Waals surface area contributed by atoms with Crippen LogP contribution in [-0.4, -0.2) is 0 Å². The lowest BCUT2D eigenvalue weighted by Crippen LogP contribution is -1.91. The van der Waals surface area contributed by atoms with E-state index in [4.69, 9.17) is 0 Å². The average molecular weight is 264 g/mol. The lowest BCUT2D eigenvalue weighted by molar-refractivity contribution is 0.930. The molecule has 0 nitrogen and oxygen atoms in total. The van der Waals surface area contributed by atoms with Gasteiger partial charge < -0.3 is 0 Å².